The van der Waals surface area contributed by atoms with E-state index in [1.165, 1.54) is 19.3 Å². The fourth-order valence-electron chi connectivity index (χ4n) is 2.10. The van der Waals surface area contributed by atoms with Crippen LogP contribution in [0.2, 0.25) is 0 Å². The van der Waals surface area contributed by atoms with E-state index in [1.807, 2.05) is 0 Å². The lowest BCUT2D eigenvalue weighted by molar-refractivity contribution is -0.270. The van der Waals surface area contributed by atoms with Crippen molar-refractivity contribution in [3.8, 4) is 0 Å². The number of hydrogen-bond donors (Lipinski definition) is 2. The first-order chi connectivity index (χ1) is 10.6. The minimum atomic E-state index is -5.07. The minimum Gasteiger partial charge on any atom is -0.374 e. The maximum absolute atomic E-state index is 13.3. The highest BCUT2D eigenvalue weighted by Crippen LogP contribution is 2.40. The third-order valence-electron chi connectivity index (χ3n) is 3.23. The summed E-state index contributed by atoms with van der Waals surface area (Å²) in [5.74, 6) is -1.57. The Morgan fingerprint density at radius 2 is 2.09 bits per heavy atom. The Morgan fingerprint density at radius 1 is 1.39 bits per heavy atom. The number of aromatic nitrogens is 3. The van der Waals surface area contributed by atoms with Crippen molar-refractivity contribution in [1.82, 2.24) is 14.5 Å². The largest absolute Gasteiger partial charge is 0.425 e. The molecule has 23 heavy (non-hydrogen) atoms. The van der Waals surface area contributed by atoms with E-state index < -0.39 is 29.9 Å². The number of aliphatic hydroxyl groups is 1. The van der Waals surface area contributed by atoms with Crippen molar-refractivity contribution in [3.63, 3.8) is 0 Å². The van der Waals surface area contributed by atoms with E-state index in [4.69, 9.17) is 0 Å². The second-order valence-corrected chi connectivity index (χ2v) is 5.11. The molecule has 0 aliphatic carbocycles. The molecule has 2 heterocycles. The Kier molecular flexibility index (Phi) is 4.42. The Hall–Kier alpha value is -2.42. The van der Waals surface area contributed by atoms with Crippen LogP contribution in [-0.2, 0) is 17.4 Å². The first kappa shape index (κ1) is 16.9. The molecular weight excluding hydrogens is 313 g/mol. The predicted octanol–water partition coefficient (Wildman–Crippen LogP) is 1.90. The van der Waals surface area contributed by atoms with Gasteiger partial charge in [0.25, 0.3) is 0 Å². The average Bonchev–Trinajstić information content (AvgIpc) is 2.83. The topological polar surface area (TPSA) is 80.0 Å². The van der Waals surface area contributed by atoms with Gasteiger partial charge in [0.15, 0.2) is 5.82 Å². The van der Waals surface area contributed by atoms with E-state index >= 15 is 0 Å². The van der Waals surface area contributed by atoms with Crippen LogP contribution >= 0.6 is 0 Å². The van der Waals surface area contributed by atoms with Gasteiger partial charge in [0.05, 0.1) is 6.42 Å². The molecule has 0 bridgehead atoms. The molecule has 0 radical (unpaired) electrons. The number of halogens is 3. The second-order valence-electron chi connectivity index (χ2n) is 5.11. The summed E-state index contributed by atoms with van der Waals surface area (Å²) in [5, 5.41) is 12.3. The Balaban J connectivity index is 2.25. The highest BCUT2D eigenvalue weighted by Gasteiger charge is 2.58. The molecule has 0 aliphatic heterocycles. The van der Waals surface area contributed by atoms with Crippen LogP contribution in [0.4, 0.5) is 19.0 Å². The number of rotatable bonds is 4. The monoisotopic (exact) mass is 328 g/mol. The summed E-state index contributed by atoms with van der Waals surface area (Å²) < 4.78 is 41.0. The smallest absolute Gasteiger partial charge is 0.374 e. The van der Waals surface area contributed by atoms with Crippen LogP contribution in [0.15, 0.2) is 30.6 Å². The van der Waals surface area contributed by atoms with Crippen molar-refractivity contribution in [2.45, 2.75) is 25.1 Å². The number of aryl methyl sites for hydroxylation is 2. The summed E-state index contributed by atoms with van der Waals surface area (Å²) in [4.78, 5) is 19.4. The van der Waals surface area contributed by atoms with Gasteiger partial charge in [-0.25, -0.2) is 9.97 Å². The number of amides is 1. The highest BCUT2D eigenvalue weighted by molar-refractivity contribution is 5.90. The van der Waals surface area contributed by atoms with Crippen LogP contribution in [-0.4, -0.2) is 31.7 Å². The van der Waals surface area contributed by atoms with Crippen LogP contribution in [0.25, 0.3) is 0 Å². The zero-order chi connectivity index (χ0) is 17.3. The first-order valence-electron chi connectivity index (χ1n) is 6.64. The van der Waals surface area contributed by atoms with Gasteiger partial charge in [0.2, 0.25) is 11.5 Å². The molecule has 0 aliphatic rings. The van der Waals surface area contributed by atoms with E-state index in [9.17, 15) is 23.1 Å². The number of imidazole rings is 1. The van der Waals surface area contributed by atoms with E-state index in [0.29, 0.717) is 5.69 Å². The lowest BCUT2D eigenvalue weighted by Gasteiger charge is -2.29. The second kappa shape index (κ2) is 5.99. The number of hydrogen-bond acceptors (Lipinski definition) is 4. The molecule has 0 spiro atoms. The number of nitrogens with zero attached hydrogens (tertiary/aromatic N) is 3. The highest BCUT2D eigenvalue weighted by atomic mass is 19.4. The molecule has 1 atom stereocenters. The number of pyridine rings is 1. The van der Waals surface area contributed by atoms with Gasteiger partial charge in [-0.05, 0) is 19.1 Å². The van der Waals surface area contributed by atoms with Gasteiger partial charge in [-0.2, -0.15) is 13.2 Å². The normalized spacial score (nSPS) is 14.3. The SMILES string of the molecule is Cc1cccc(NC(=O)CC(O)(c2nccn2C)C(F)(F)F)n1. The minimum absolute atomic E-state index is 0.111. The lowest BCUT2D eigenvalue weighted by atomic mass is 9.97. The van der Waals surface area contributed by atoms with Gasteiger partial charge in [0, 0.05) is 25.1 Å². The molecular formula is C14H15F3N4O2. The van der Waals surface area contributed by atoms with E-state index in [0.717, 1.165) is 10.8 Å². The molecule has 0 saturated heterocycles. The van der Waals surface area contributed by atoms with Crippen molar-refractivity contribution in [1.29, 1.82) is 0 Å². The zero-order valence-corrected chi connectivity index (χ0v) is 12.4. The average molecular weight is 328 g/mol. The fourth-order valence-corrected chi connectivity index (χ4v) is 2.10. The zero-order valence-electron chi connectivity index (χ0n) is 12.4. The van der Waals surface area contributed by atoms with Crippen molar-refractivity contribution in [2.24, 2.45) is 7.05 Å². The van der Waals surface area contributed by atoms with Gasteiger partial charge in [-0.3, -0.25) is 4.79 Å². The molecule has 2 aromatic heterocycles. The molecule has 0 fully saturated rings. The summed E-state index contributed by atoms with van der Waals surface area (Å²) in [6.07, 6.45) is -3.92. The molecule has 2 aromatic rings. The molecule has 2 rings (SSSR count). The molecule has 6 nitrogen and oxygen atoms in total. The third-order valence-corrected chi connectivity index (χ3v) is 3.23. The van der Waals surface area contributed by atoms with Gasteiger partial charge in [0.1, 0.15) is 5.82 Å². The number of carbonyl (C=O) groups excluding carboxylic acids is 1. The molecule has 1 amide bonds. The summed E-state index contributed by atoms with van der Waals surface area (Å²) in [5.41, 5.74) is -2.79. The maximum atomic E-state index is 13.3. The maximum Gasteiger partial charge on any atom is 0.425 e. The van der Waals surface area contributed by atoms with Crippen molar-refractivity contribution < 1.29 is 23.1 Å². The predicted molar refractivity (Wildman–Crippen MR) is 75.4 cm³/mol. The van der Waals surface area contributed by atoms with Crippen molar-refractivity contribution in [3.05, 3.63) is 42.1 Å². The summed E-state index contributed by atoms with van der Waals surface area (Å²) in [6.45, 7) is 1.68. The summed E-state index contributed by atoms with van der Waals surface area (Å²) in [7, 11) is 1.30. The summed E-state index contributed by atoms with van der Waals surface area (Å²) in [6, 6.07) is 4.72. The Morgan fingerprint density at radius 3 is 2.61 bits per heavy atom. The fraction of sp³-hybridized carbons (Fsp3) is 0.357. The number of anilines is 1. The van der Waals surface area contributed by atoms with Gasteiger partial charge in [-0.1, -0.05) is 6.07 Å². The molecule has 2 N–H and O–H groups in total. The Labute approximate surface area is 130 Å². The number of carbonyl (C=O) groups is 1. The van der Waals surface area contributed by atoms with Crippen LogP contribution in [0.3, 0.4) is 0 Å². The van der Waals surface area contributed by atoms with Crippen molar-refractivity contribution in [2.75, 3.05) is 5.32 Å². The summed E-state index contributed by atoms with van der Waals surface area (Å²) >= 11 is 0. The molecule has 0 saturated carbocycles. The third kappa shape index (κ3) is 3.50. The van der Waals surface area contributed by atoms with Gasteiger partial charge < -0.3 is 15.0 Å². The molecule has 1 unspecified atom stereocenters. The number of alkyl halides is 3. The van der Waals surface area contributed by atoms with Crippen LogP contribution in [0, 0.1) is 6.92 Å². The van der Waals surface area contributed by atoms with Crippen LogP contribution < -0.4 is 5.32 Å². The molecule has 124 valence electrons. The van der Waals surface area contributed by atoms with E-state index in [-0.39, 0.29) is 5.82 Å². The standard InChI is InChI=1S/C14H15F3N4O2/c1-9-4-3-5-10(19-9)20-11(22)8-13(23,14(15,16)17)12-18-6-7-21(12)2/h3-7,23H,8H2,1-2H3,(H,19,20,22). The first-order valence-corrected chi connectivity index (χ1v) is 6.64. The molecule has 0 aromatic carbocycles. The lowest BCUT2D eigenvalue weighted by Crippen LogP contribution is -2.46. The molecule has 9 heteroatoms. The van der Waals surface area contributed by atoms with Gasteiger partial charge in [-0.15, -0.1) is 0 Å². The van der Waals surface area contributed by atoms with Crippen LogP contribution in [0.5, 0.6) is 0 Å². The quantitative estimate of drug-likeness (QED) is 0.898. The van der Waals surface area contributed by atoms with Crippen molar-refractivity contribution >= 4 is 11.7 Å². The van der Waals surface area contributed by atoms with Gasteiger partial charge >= 0.3 is 6.18 Å². The van der Waals surface area contributed by atoms with Crippen LogP contribution in [0.1, 0.15) is 17.9 Å². The number of nitrogens with one attached hydrogen (secondary N) is 1. The Bertz CT molecular complexity index is 714. The van der Waals surface area contributed by atoms with E-state index in [1.54, 1.807) is 19.1 Å². The van der Waals surface area contributed by atoms with E-state index in [2.05, 4.69) is 15.3 Å².